The first-order valence-corrected chi connectivity index (χ1v) is 7.60. The molecule has 3 N–H and O–H groups in total. The molecule has 0 saturated carbocycles. The zero-order valence-electron chi connectivity index (χ0n) is 13.7. The van der Waals surface area contributed by atoms with E-state index in [0.717, 1.165) is 5.56 Å². The zero-order chi connectivity index (χ0) is 17.6. The largest absolute Gasteiger partial charge is 0.497 e. The predicted octanol–water partition coefficient (Wildman–Crippen LogP) is 2.23. The minimum absolute atomic E-state index is 0.0816. The number of fused-ring (bicyclic) bond motifs is 4. The molecule has 24 heavy (non-hydrogen) atoms. The second-order valence-corrected chi connectivity index (χ2v) is 6.37. The highest BCUT2D eigenvalue weighted by atomic mass is 16.5. The van der Waals surface area contributed by atoms with Crippen molar-refractivity contribution in [1.82, 2.24) is 5.32 Å². The van der Waals surface area contributed by atoms with Gasteiger partial charge in [0.25, 0.3) is 0 Å². The molecule has 0 fully saturated rings. The maximum atomic E-state index is 12.0. The summed E-state index contributed by atoms with van der Waals surface area (Å²) in [6, 6.07) is 5.33. The number of hydrogen-bond donors (Lipinski definition) is 3. The fourth-order valence-corrected chi connectivity index (χ4v) is 3.83. The number of methoxy groups -OCH3 is 1. The number of nitrogens with one attached hydrogen (secondary N) is 1. The Morgan fingerprint density at radius 2 is 2.00 bits per heavy atom. The van der Waals surface area contributed by atoms with Crippen molar-refractivity contribution >= 4 is 18.0 Å². The van der Waals surface area contributed by atoms with Gasteiger partial charge >= 0.3 is 11.9 Å². The molecule has 0 saturated heterocycles. The summed E-state index contributed by atoms with van der Waals surface area (Å²) < 4.78 is 5.25. The topological polar surface area (TPSA) is 95.9 Å². The van der Waals surface area contributed by atoms with E-state index in [1.807, 2.05) is 12.1 Å². The van der Waals surface area contributed by atoms with Crippen LogP contribution >= 0.6 is 0 Å². The molecule has 1 heterocycles. The van der Waals surface area contributed by atoms with Crippen LogP contribution in [-0.2, 0) is 9.59 Å². The van der Waals surface area contributed by atoms with Gasteiger partial charge in [0.2, 0.25) is 0 Å². The fraction of sp³-hybridized carbons (Fsp3) is 0.333. The number of carboxylic acids is 2. The Labute approximate surface area is 139 Å². The number of allylic oxidation sites excluding steroid dienone is 1. The number of carboxylic acid groups (broad SMARTS) is 2. The monoisotopic (exact) mass is 329 g/mol. The van der Waals surface area contributed by atoms with E-state index in [1.54, 1.807) is 32.1 Å². The molecular weight excluding hydrogens is 310 g/mol. The number of carbonyl (C=O) groups is 2. The van der Waals surface area contributed by atoms with Gasteiger partial charge in [-0.1, -0.05) is 18.2 Å². The van der Waals surface area contributed by atoms with Crippen LogP contribution in [0.5, 0.6) is 5.75 Å². The normalized spacial score (nSPS) is 27.8. The van der Waals surface area contributed by atoms with Gasteiger partial charge in [-0.05, 0) is 37.1 Å². The number of aliphatic carboxylic acids is 2. The van der Waals surface area contributed by atoms with Gasteiger partial charge in [-0.3, -0.25) is 4.79 Å². The number of hydrogen-bond acceptors (Lipinski definition) is 4. The van der Waals surface area contributed by atoms with Crippen LogP contribution in [0.2, 0.25) is 0 Å². The van der Waals surface area contributed by atoms with Gasteiger partial charge in [0.15, 0.2) is 0 Å². The zero-order valence-corrected chi connectivity index (χ0v) is 13.7. The van der Waals surface area contributed by atoms with Crippen molar-refractivity contribution in [3.63, 3.8) is 0 Å². The second kappa shape index (κ2) is 5.40. The highest BCUT2D eigenvalue weighted by molar-refractivity contribution is 5.93. The van der Waals surface area contributed by atoms with Crippen molar-refractivity contribution in [3.05, 3.63) is 46.7 Å². The van der Waals surface area contributed by atoms with Crippen molar-refractivity contribution in [2.45, 2.75) is 25.3 Å². The number of benzene rings is 1. The quantitative estimate of drug-likeness (QED) is 0.787. The molecule has 0 amide bonds. The molecule has 3 atom stereocenters. The Kier molecular flexibility index (Phi) is 3.63. The minimum Gasteiger partial charge on any atom is -0.497 e. The first-order chi connectivity index (χ1) is 11.3. The van der Waals surface area contributed by atoms with Crippen LogP contribution in [0.4, 0.5) is 0 Å². The lowest BCUT2D eigenvalue weighted by molar-refractivity contribution is -0.145. The summed E-state index contributed by atoms with van der Waals surface area (Å²) in [5.74, 6) is -3.31. The van der Waals surface area contributed by atoms with Crippen LogP contribution in [0.3, 0.4) is 0 Å². The first-order valence-electron chi connectivity index (χ1n) is 7.60. The van der Waals surface area contributed by atoms with Gasteiger partial charge in [0, 0.05) is 11.6 Å². The van der Waals surface area contributed by atoms with Crippen molar-refractivity contribution in [3.8, 4) is 5.75 Å². The molecule has 2 bridgehead atoms. The molecule has 0 aromatic heterocycles. The molecule has 2 unspecified atom stereocenters. The maximum Gasteiger partial charge on any atom is 0.333 e. The van der Waals surface area contributed by atoms with Crippen molar-refractivity contribution < 1.29 is 24.5 Å². The summed E-state index contributed by atoms with van der Waals surface area (Å²) in [6.45, 7) is 3.45. The molecule has 1 aliphatic carbocycles. The third-order valence-corrected chi connectivity index (χ3v) is 4.89. The lowest BCUT2D eigenvalue weighted by Crippen LogP contribution is -2.55. The minimum atomic E-state index is -1.12. The van der Waals surface area contributed by atoms with Crippen LogP contribution < -0.4 is 10.1 Å². The van der Waals surface area contributed by atoms with Crippen molar-refractivity contribution in [2.75, 3.05) is 7.11 Å². The van der Waals surface area contributed by atoms with Crippen LogP contribution in [0.1, 0.15) is 30.9 Å². The first kappa shape index (κ1) is 16.1. The van der Waals surface area contributed by atoms with E-state index in [9.17, 15) is 19.8 Å². The lowest BCUT2D eigenvalue weighted by atomic mass is 9.68. The van der Waals surface area contributed by atoms with Gasteiger partial charge in [0.1, 0.15) is 5.75 Å². The molecule has 0 radical (unpaired) electrons. The van der Waals surface area contributed by atoms with Crippen LogP contribution in [-0.4, -0.2) is 34.8 Å². The fourth-order valence-electron chi connectivity index (χ4n) is 3.83. The smallest absolute Gasteiger partial charge is 0.333 e. The molecule has 0 spiro atoms. The van der Waals surface area contributed by atoms with E-state index in [0.29, 0.717) is 17.0 Å². The van der Waals surface area contributed by atoms with Gasteiger partial charge < -0.3 is 20.3 Å². The summed E-state index contributed by atoms with van der Waals surface area (Å²) in [6.07, 6.45) is 3.65. The standard InChI is InChI=1S/C18H19NO5/c1-9-13(16(20)21)14-12-8-11(24-3)5-4-10(12)6-7-18(2,19-9)15(14)17(22)23/h4-8,14-15,19H,1-3H3,(H,20,21)(H,22,23)/t14?,15-,18?/m1/s1. The summed E-state index contributed by atoms with van der Waals surface area (Å²) in [4.78, 5) is 23.9. The molecule has 6 heteroatoms. The van der Waals surface area contributed by atoms with E-state index in [-0.39, 0.29) is 5.57 Å². The Hall–Kier alpha value is -2.76. The predicted molar refractivity (Wildman–Crippen MR) is 87.8 cm³/mol. The molecule has 2 aliphatic rings. The van der Waals surface area contributed by atoms with E-state index in [2.05, 4.69) is 5.32 Å². The number of ether oxygens (including phenoxy) is 1. The molecule has 126 valence electrons. The second-order valence-electron chi connectivity index (χ2n) is 6.37. The van der Waals surface area contributed by atoms with Gasteiger partial charge in [-0.2, -0.15) is 0 Å². The van der Waals surface area contributed by atoms with Crippen LogP contribution in [0, 0.1) is 5.92 Å². The van der Waals surface area contributed by atoms with E-state index in [1.165, 1.54) is 7.11 Å². The molecule has 6 nitrogen and oxygen atoms in total. The van der Waals surface area contributed by atoms with E-state index < -0.39 is 29.3 Å². The third kappa shape index (κ3) is 2.26. The lowest BCUT2D eigenvalue weighted by Gasteiger charge is -2.43. The summed E-state index contributed by atoms with van der Waals surface area (Å²) in [5, 5.41) is 22.6. The summed E-state index contributed by atoms with van der Waals surface area (Å²) in [5.41, 5.74) is 1.13. The average molecular weight is 329 g/mol. The van der Waals surface area contributed by atoms with Crippen LogP contribution in [0.25, 0.3) is 6.08 Å². The van der Waals surface area contributed by atoms with Gasteiger partial charge in [-0.25, -0.2) is 4.79 Å². The Bertz CT molecular complexity index is 795. The van der Waals surface area contributed by atoms with E-state index in [4.69, 9.17) is 4.74 Å². The molecule has 1 aromatic carbocycles. The SMILES string of the molecule is COc1ccc2c(c1)C1C(C(=O)O)=C(C)NC(C)(C=C2)[C@H]1C(=O)O. The van der Waals surface area contributed by atoms with E-state index >= 15 is 0 Å². The van der Waals surface area contributed by atoms with Crippen molar-refractivity contribution in [2.24, 2.45) is 5.92 Å². The molecular formula is C18H19NO5. The molecule has 1 aliphatic heterocycles. The maximum absolute atomic E-state index is 12.0. The Morgan fingerprint density at radius 3 is 2.58 bits per heavy atom. The molecule has 1 aromatic rings. The highest BCUT2D eigenvalue weighted by Gasteiger charge is 2.51. The van der Waals surface area contributed by atoms with Crippen LogP contribution in [0.15, 0.2) is 35.5 Å². The van der Waals surface area contributed by atoms with Gasteiger partial charge in [0.05, 0.1) is 24.1 Å². The Balaban J connectivity index is 2.35. The number of rotatable bonds is 3. The Morgan fingerprint density at radius 1 is 1.29 bits per heavy atom. The van der Waals surface area contributed by atoms with Gasteiger partial charge in [-0.15, -0.1) is 0 Å². The summed E-state index contributed by atoms with van der Waals surface area (Å²) >= 11 is 0. The third-order valence-electron chi connectivity index (χ3n) is 4.89. The highest BCUT2D eigenvalue weighted by Crippen LogP contribution is 2.48. The average Bonchev–Trinajstić information content (AvgIpc) is 2.59. The molecule has 3 rings (SSSR count). The van der Waals surface area contributed by atoms with Crippen molar-refractivity contribution in [1.29, 1.82) is 0 Å². The summed E-state index contributed by atoms with van der Waals surface area (Å²) in [7, 11) is 1.52.